The molecule has 3 fully saturated rings. The highest BCUT2D eigenvalue weighted by atomic mass is 32.2. The minimum atomic E-state index is -1.35. The van der Waals surface area contributed by atoms with Crippen LogP contribution in [0.25, 0.3) is 0 Å². The highest BCUT2D eigenvalue weighted by Crippen LogP contribution is 2.47. The number of oxime groups is 1. The van der Waals surface area contributed by atoms with Gasteiger partial charge in [-0.15, -0.1) is 34.9 Å². The van der Waals surface area contributed by atoms with Crippen LogP contribution in [-0.4, -0.2) is 80.3 Å². The van der Waals surface area contributed by atoms with Gasteiger partial charge in [0.05, 0.1) is 6.10 Å². The Morgan fingerprint density at radius 3 is 1.60 bits per heavy atom. The number of anilines is 1. The van der Waals surface area contributed by atoms with E-state index in [-0.39, 0.29) is 30.0 Å². The summed E-state index contributed by atoms with van der Waals surface area (Å²) in [6.45, 7) is 0.763. The van der Waals surface area contributed by atoms with E-state index in [1.165, 1.54) is 34.9 Å². The molecule has 12 rings (SSSR count). The topological polar surface area (TPSA) is 131 Å². The van der Waals surface area contributed by atoms with Gasteiger partial charge in [-0.05, 0) is 40.7 Å². The Labute approximate surface area is 490 Å². The summed E-state index contributed by atoms with van der Waals surface area (Å²) in [7, 11) is 0. The average Bonchev–Trinajstić information content (AvgIpc) is 4.13. The van der Waals surface area contributed by atoms with Gasteiger partial charge in [-0.25, -0.2) is 4.98 Å². The SMILES string of the molecule is O=C(NC1C(=O)N2CC(SCC3CCCO3)(C(=O)OC(c3ccccc3)c3ccccc3)CS[C@H]12)C(=NOC(c1ccccc1)(c1ccccc1)c1ccccc1)c1csc(NC(c2ccccc2)(c2ccccc2)c2ccccc2)n1. The molecule has 0 radical (unpaired) electrons. The summed E-state index contributed by atoms with van der Waals surface area (Å²) in [5, 5.41) is 13.7. The van der Waals surface area contributed by atoms with E-state index in [0.29, 0.717) is 23.2 Å². The lowest BCUT2D eigenvalue weighted by atomic mass is 9.77. The van der Waals surface area contributed by atoms with Crippen molar-refractivity contribution < 1.29 is 28.7 Å². The number of amides is 2. The van der Waals surface area contributed by atoms with Crippen molar-refractivity contribution in [3.8, 4) is 0 Å². The van der Waals surface area contributed by atoms with Gasteiger partial charge in [0.15, 0.2) is 16.9 Å². The normalized spacial score (nSPS) is 18.9. The molecule has 11 nitrogen and oxygen atoms in total. The quantitative estimate of drug-likeness (QED) is 0.0250. The molecule has 82 heavy (non-hydrogen) atoms. The zero-order valence-electron chi connectivity index (χ0n) is 44.7. The van der Waals surface area contributed by atoms with Crippen molar-refractivity contribution in [2.75, 3.05) is 30.0 Å². The number of benzene rings is 8. The molecule has 2 N–H and O–H groups in total. The van der Waals surface area contributed by atoms with Crippen LogP contribution in [0, 0.1) is 0 Å². The van der Waals surface area contributed by atoms with Crippen molar-refractivity contribution in [3.05, 3.63) is 298 Å². The summed E-state index contributed by atoms with van der Waals surface area (Å²) in [5.41, 5.74) is 4.76. The van der Waals surface area contributed by atoms with Crippen LogP contribution in [0.4, 0.5) is 5.13 Å². The zero-order chi connectivity index (χ0) is 55.8. The fourth-order valence-corrected chi connectivity index (χ4v) is 15.1. The van der Waals surface area contributed by atoms with E-state index < -0.39 is 45.3 Å². The molecule has 14 heteroatoms. The number of nitrogens with zero attached hydrogens (tertiary/aromatic N) is 3. The summed E-state index contributed by atoms with van der Waals surface area (Å²) >= 11 is 4.28. The minimum Gasteiger partial charge on any atom is -0.451 e. The Balaban J connectivity index is 0.898. The second kappa shape index (κ2) is 24.4. The van der Waals surface area contributed by atoms with Crippen molar-refractivity contribution in [2.45, 2.75) is 52.4 Å². The van der Waals surface area contributed by atoms with Crippen molar-refractivity contribution in [1.29, 1.82) is 0 Å². The highest BCUT2D eigenvalue weighted by Gasteiger charge is 2.59. The van der Waals surface area contributed by atoms with E-state index in [0.717, 1.165) is 57.3 Å². The number of esters is 1. The Morgan fingerprint density at radius 1 is 0.671 bits per heavy atom. The van der Waals surface area contributed by atoms with Crippen LogP contribution in [0.2, 0.25) is 0 Å². The highest BCUT2D eigenvalue weighted by molar-refractivity contribution is 8.05. The predicted molar refractivity (Wildman–Crippen MR) is 327 cm³/mol. The first-order valence-electron chi connectivity index (χ1n) is 27.5. The number of carbonyl (C=O) groups is 3. The molecule has 0 saturated carbocycles. The van der Waals surface area contributed by atoms with Crippen LogP contribution in [0.15, 0.2) is 253 Å². The van der Waals surface area contributed by atoms with Crippen molar-refractivity contribution in [3.63, 3.8) is 0 Å². The molecule has 9 aromatic rings. The second-order valence-electron chi connectivity index (χ2n) is 20.5. The van der Waals surface area contributed by atoms with E-state index in [1.807, 2.05) is 206 Å². The molecule has 2 amide bonds. The van der Waals surface area contributed by atoms with E-state index in [9.17, 15) is 4.79 Å². The molecule has 4 atom stereocenters. The van der Waals surface area contributed by atoms with Gasteiger partial charge in [-0.1, -0.05) is 248 Å². The largest absolute Gasteiger partial charge is 0.451 e. The maximum atomic E-state index is 15.5. The fourth-order valence-electron chi connectivity index (χ4n) is 11.2. The van der Waals surface area contributed by atoms with Crippen molar-refractivity contribution in [1.82, 2.24) is 15.2 Å². The molecule has 3 aliphatic rings. The maximum absolute atomic E-state index is 15.5. The number of ether oxygens (including phenoxy) is 2. The molecule has 1 aromatic heterocycles. The predicted octanol–water partition coefficient (Wildman–Crippen LogP) is 12.6. The summed E-state index contributed by atoms with van der Waals surface area (Å²) in [4.78, 5) is 59.2. The molecule has 0 aliphatic carbocycles. The number of hydrogen-bond donors (Lipinski definition) is 2. The van der Waals surface area contributed by atoms with Crippen LogP contribution in [0.3, 0.4) is 0 Å². The number of fused-ring (bicyclic) bond motifs is 1. The van der Waals surface area contributed by atoms with Gasteiger partial charge in [0, 0.05) is 46.7 Å². The first kappa shape index (κ1) is 54.3. The van der Waals surface area contributed by atoms with Crippen LogP contribution in [-0.2, 0) is 39.8 Å². The smallest absolute Gasteiger partial charge is 0.325 e. The van der Waals surface area contributed by atoms with E-state index in [4.69, 9.17) is 24.5 Å². The lowest BCUT2D eigenvalue weighted by molar-refractivity contribution is -0.155. The maximum Gasteiger partial charge on any atom is 0.325 e. The fraction of sp³-hybridized carbons (Fsp3) is 0.191. The number of rotatable bonds is 20. The van der Waals surface area contributed by atoms with Crippen molar-refractivity contribution >= 4 is 63.5 Å². The van der Waals surface area contributed by atoms with E-state index in [1.54, 1.807) is 10.3 Å². The van der Waals surface area contributed by atoms with Gasteiger partial charge in [0.2, 0.25) is 11.5 Å². The molecule has 3 saturated heterocycles. The van der Waals surface area contributed by atoms with E-state index >= 15 is 9.59 Å². The number of hydrogen-bond acceptors (Lipinski definition) is 12. The third-order valence-electron chi connectivity index (χ3n) is 15.4. The molecule has 0 bridgehead atoms. The third-order valence-corrected chi connectivity index (χ3v) is 19.4. The molecular formula is C68H59N5O6S3. The number of carbonyl (C=O) groups excluding carboxylic acids is 3. The van der Waals surface area contributed by atoms with Crippen LogP contribution < -0.4 is 10.6 Å². The molecule has 3 aliphatic heterocycles. The van der Waals surface area contributed by atoms with Gasteiger partial charge in [0.1, 0.15) is 27.4 Å². The van der Waals surface area contributed by atoms with Gasteiger partial charge < -0.3 is 29.8 Å². The Kier molecular flexibility index (Phi) is 16.2. The molecule has 3 unspecified atom stereocenters. The Morgan fingerprint density at radius 2 is 1.13 bits per heavy atom. The number of β-lactam (4-membered cyclic amide) rings is 1. The summed E-state index contributed by atoms with van der Waals surface area (Å²) in [5.74, 6) is -0.501. The lowest BCUT2D eigenvalue weighted by Gasteiger charge is -2.54. The summed E-state index contributed by atoms with van der Waals surface area (Å²) in [6.07, 6.45) is 1.15. The minimum absolute atomic E-state index is 0.0206. The summed E-state index contributed by atoms with van der Waals surface area (Å²) in [6, 6.07) is 78.6. The van der Waals surface area contributed by atoms with Crippen LogP contribution in [0.5, 0.6) is 0 Å². The second-order valence-corrected chi connectivity index (χ2v) is 23.9. The average molecular weight is 1140 g/mol. The van der Waals surface area contributed by atoms with Crippen LogP contribution in [0.1, 0.15) is 69.1 Å². The molecule has 0 spiro atoms. The van der Waals surface area contributed by atoms with Gasteiger partial charge >= 0.3 is 5.97 Å². The van der Waals surface area contributed by atoms with Crippen molar-refractivity contribution in [2.24, 2.45) is 5.16 Å². The third kappa shape index (κ3) is 10.9. The number of nitrogens with one attached hydrogen (secondary N) is 2. The van der Waals surface area contributed by atoms with Gasteiger partial charge in [-0.2, -0.15) is 0 Å². The molecular weight excluding hydrogens is 1080 g/mol. The molecule has 410 valence electrons. The first-order valence-corrected chi connectivity index (χ1v) is 30.4. The van der Waals surface area contributed by atoms with Gasteiger partial charge in [0.25, 0.3) is 5.91 Å². The van der Waals surface area contributed by atoms with Gasteiger partial charge in [-0.3, -0.25) is 14.4 Å². The standard InChI is InChI=1S/C68H59N5O6S3/c74-61(70-59-62(75)73-46-66(47-81-63(59)73,82-44-56-42-25-43-77-56)64(76)78-60(48-26-9-1-10-27-48)49-28-11-2-12-29-49)58(72-79-68(53-36-19-6-20-37-53,54-38-21-7-22-39-54)55-40-23-8-24-41-55)57-45-80-65(69-57)71-67(50-30-13-3-14-31-50,51-32-15-4-16-33-51)52-34-17-5-18-35-52/h1-24,26-41,45,56,59-60,63H,25,42-44,46-47H2,(H,69,71)(H,70,74)/t56?,59?,63-,66?/m1/s1. The number of thioether (sulfide) groups is 2. The summed E-state index contributed by atoms with van der Waals surface area (Å²) < 4.78 is 11.5. The molecule has 8 aromatic carbocycles. The Hall–Kier alpha value is -8.27. The lowest BCUT2D eigenvalue weighted by Crippen LogP contribution is -2.75. The monoisotopic (exact) mass is 1140 g/mol. The number of thiazole rings is 1. The van der Waals surface area contributed by atoms with E-state index in [2.05, 4.69) is 47.0 Å². The first-order chi connectivity index (χ1) is 40.3. The number of aromatic nitrogens is 1. The zero-order valence-corrected chi connectivity index (χ0v) is 47.2. The Bertz CT molecular complexity index is 3390. The van der Waals surface area contributed by atoms with Crippen LogP contribution >= 0.6 is 34.9 Å². The molecule has 4 heterocycles.